The zero-order chi connectivity index (χ0) is 25.3. The van der Waals surface area contributed by atoms with Crippen molar-refractivity contribution >= 4 is 28.6 Å². The molecule has 0 unspecified atom stereocenters. The van der Waals surface area contributed by atoms with E-state index in [0.29, 0.717) is 24.4 Å². The molecule has 2 aliphatic heterocycles. The van der Waals surface area contributed by atoms with Crippen LogP contribution < -0.4 is 0 Å². The molecule has 3 heterocycles. The number of rotatable bonds is 6. The lowest BCUT2D eigenvalue weighted by atomic mass is 10.0. The minimum absolute atomic E-state index is 0.145. The van der Waals surface area contributed by atoms with Crippen LogP contribution in [0.15, 0.2) is 53.7 Å². The van der Waals surface area contributed by atoms with Crippen molar-refractivity contribution in [1.29, 1.82) is 0 Å². The summed E-state index contributed by atoms with van der Waals surface area (Å²) in [6.07, 6.45) is 6.81. The third-order valence-corrected chi connectivity index (χ3v) is 8.43. The Balaban J connectivity index is 1.11. The number of aromatic nitrogens is 2. The highest BCUT2D eigenvalue weighted by atomic mass is 16.2. The number of amidine groups is 1. The summed E-state index contributed by atoms with van der Waals surface area (Å²) in [6, 6.07) is 15.1. The Labute approximate surface area is 217 Å². The minimum atomic E-state index is -0.530. The fourth-order valence-corrected chi connectivity index (χ4v) is 5.82. The van der Waals surface area contributed by atoms with Gasteiger partial charge in [-0.15, -0.1) is 0 Å². The highest BCUT2D eigenvalue weighted by Gasteiger charge is 2.57. The Morgan fingerprint density at radius 2 is 1.76 bits per heavy atom. The first-order valence-electron chi connectivity index (χ1n) is 13.7. The smallest absolute Gasteiger partial charge is 0.256 e. The van der Waals surface area contributed by atoms with Crippen LogP contribution in [0.2, 0.25) is 0 Å². The molecule has 3 aromatic rings. The van der Waals surface area contributed by atoms with Gasteiger partial charge in [-0.3, -0.25) is 24.2 Å². The fourth-order valence-electron chi connectivity index (χ4n) is 5.82. The van der Waals surface area contributed by atoms with E-state index in [0.717, 1.165) is 78.6 Å². The lowest BCUT2D eigenvalue weighted by Gasteiger charge is -2.23. The van der Waals surface area contributed by atoms with E-state index in [-0.39, 0.29) is 11.8 Å². The van der Waals surface area contributed by atoms with Gasteiger partial charge in [-0.25, -0.2) is 0 Å². The van der Waals surface area contributed by atoms with Crippen molar-refractivity contribution in [3.05, 3.63) is 54.2 Å². The predicted octanol–water partition coefficient (Wildman–Crippen LogP) is 4.66. The maximum atomic E-state index is 13.4. The Bertz CT molecular complexity index is 1430. The molecule has 7 nitrogen and oxygen atoms in total. The molecular formula is C30H33N5O2. The molecule has 1 saturated heterocycles. The second-order valence-electron chi connectivity index (χ2n) is 11.6. The predicted molar refractivity (Wildman–Crippen MR) is 143 cm³/mol. The summed E-state index contributed by atoms with van der Waals surface area (Å²) in [5.41, 5.74) is 3.73. The molecule has 37 heavy (non-hydrogen) atoms. The van der Waals surface area contributed by atoms with E-state index in [2.05, 4.69) is 67.6 Å². The standard InChI is InChI=1S/C30H33N5O2/c1-19(2)35-18-25-15-24(9-10-26(25)32-35)21-3-5-22(6-4-21)27-31-30(12-13-30)29(37)34(27)17-20-11-14-33(16-20)28(36)23-7-8-23/h3-6,9-10,15,18-20,23H,7-8,11-14,16-17H2,1-2H3/t20-/m1/s1. The molecule has 2 aliphatic carbocycles. The van der Waals surface area contributed by atoms with Gasteiger partial charge in [0.15, 0.2) is 0 Å². The third-order valence-electron chi connectivity index (χ3n) is 8.43. The topological polar surface area (TPSA) is 70.8 Å². The van der Waals surface area contributed by atoms with Crippen LogP contribution in [0.25, 0.3) is 22.0 Å². The maximum absolute atomic E-state index is 13.4. The van der Waals surface area contributed by atoms with Gasteiger partial charge < -0.3 is 4.90 Å². The molecule has 0 bridgehead atoms. The zero-order valence-corrected chi connectivity index (χ0v) is 21.6. The normalized spacial score (nSPS) is 22.5. The van der Waals surface area contributed by atoms with E-state index in [4.69, 9.17) is 4.99 Å². The highest BCUT2D eigenvalue weighted by molar-refractivity contribution is 6.16. The maximum Gasteiger partial charge on any atom is 0.256 e. The number of carbonyl (C=O) groups is 2. The van der Waals surface area contributed by atoms with Gasteiger partial charge in [-0.1, -0.05) is 30.3 Å². The Hall–Kier alpha value is -3.48. The van der Waals surface area contributed by atoms with E-state index in [1.165, 1.54) is 0 Å². The number of likely N-dealkylation sites (tertiary alicyclic amines) is 1. The van der Waals surface area contributed by atoms with Crippen LogP contribution in [0.3, 0.4) is 0 Å². The van der Waals surface area contributed by atoms with Crippen LogP contribution >= 0.6 is 0 Å². The van der Waals surface area contributed by atoms with Gasteiger partial charge in [-0.2, -0.15) is 5.10 Å². The van der Waals surface area contributed by atoms with E-state index in [9.17, 15) is 9.59 Å². The van der Waals surface area contributed by atoms with Crippen molar-refractivity contribution < 1.29 is 9.59 Å². The monoisotopic (exact) mass is 495 g/mol. The van der Waals surface area contributed by atoms with Crippen molar-refractivity contribution in [3.8, 4) is 11.1 Å². The van der Waals surface area contributed by atoms with E-state index in [1.807, 2.05) is 14.5 Å². The summed E-state index contributed by atoms with van der Waals surface area (Å²) in [6.45, 7) is 6.48. The van der Waals surface area contributed by atoms with Crippen LogP contribution in [0, 0.1) is 11.8 Å². The Morgan fingerprint density at radius 3 is 2.46 bits per heavy atom. The van der Waals surface area contributed by atoms with Crippen molar-refractivity contribution in [2.45, 2.75) is 57.5 Å². The van der Waals surface area contributed by atoms with E-state index >= 15 is 0 Å². The van der Waals surface area contributed by atoms with Crippen molar-refractivity contribution in [1.82, 2.24) is 19.6 Å². The van der Waals surface area contributed by atoms with Gasteiger partial charge in [0, 0.05) is 48.7 Å². The van der Waals surface area contributed by atoms with Gasteiger partial charge in [0.1, 0.15) is 11.4 Å². The van der Waals surface area contributed by atoms with Crippen LogP contribution in [0.1, 0.15) is 57.6 Å². The molecule has 0 radical (unpaired) electrons. The lowest BCUT2D eigenvalue weighted by molar-refractivity contribution is -0.131. The number of carbonyl (C=O) groups excluding carboxylic acids is 2. The molecule has 1 spiro atoms. The first kappa shape index (κ1) is 22.7. The zero-order valence-electron chi connectivity index (χ0n) is 21.6. The number of hydrogen-bond donors (Lipinski definition) is 0. The summed E-state index contributed by atoms with van der Waals surface area (Å²) in [4.78, 5) is 34.8. The van der Waals surface area contributed by atoms with Crippen LogP contribution in [0.4, 0.5) is 0 Å². The van der Waals surface area contributed by atoms with Crippen LogP contribution in [-0.2, 0) is 9.59 Å². The quantitative estimate of drug-likeness (QED) is 0.499. The summed E-state index contributed by atoms with van der Waals surface area (Å²) >= 11 is 0. The molecular weight excluding hydrogens is 462 g/mol. The molecule has 4 aliphatic rings. The van der Waals surface area contributed by atoms with Crippen molar-refractivity contribution in [2.24, 2.45) is 16.8 Å². The summed E-state index contributed by atoms with van der Waals surface area (Å²) in [5.74, 6) is 1.82. The summed E-state index contributed by atoms with van der Waals surface area (Å²) in [7, 11) is 0. The Morgan fingerprint density at radius 1 is 1.03 bits per heavy atom. The summed E-state index contributed by atoms with van der Waals surface area (Å²) < 4.78 is 2.00. The molecule has 1 aromatic heterocycles. The number of amides is 2. The van der Waals surface area contributed by atoms with E-state index in [1.54, 1.807) is 0 Å². The number of benzene rings is 2. The molecule has 7 heteroatoms. The average Bonchev–Trinajstić information content (AvgIpc) is 3.79. The first-order valence-corrected chi connectivity index (χ1v) is 13.7. The third kappa shape index (κ3) is 3.95. The molecule has 2 saturated carbocycles. The molecule has 190 valence electrons. The Kier molecular flexibility index (Phi) is 5.07. The van der Waals surface area contributed by atoms with Gasteiger partial charge in [-0.05, 0) is 75.1 Å². The molecule has 2 amide bonds. The molecule has 0 N–H and O–H groups in total. The highest BCUT2D eigenvalue weighted by Crippen LogP contribution is 2.46. The molecule has 2 aromatic carbocycles. The van der Waals surface area contributed by atoms with Gasteiger partial charge in [0.25, 0.3) is 5.91 Å². The number of nitrogens with zero attached hydrogens (tertiary/aromatic N) is 5. The van der Waals surface area contributed by atoms with Crippen molar-refractivity contribution in [3.63, 3.8) is 0 Å². The number of hydrogen-bond acceptors (Lipinski definition) is 4. The van der Waals surface area contributed by atoms with Gasteiger partial charge >= 0.3 is 0 Å². The largest absolute Gasteiger partial charge is 0.342 e. The van der Waals surface area contributed by atoms with Crippen LogP contribution in [-0.4, -0.2) is 62.4 Å². The molecule has 1 atom stereocenters. The first-order chi connectivity index (χ1) is 17.9. The SMILES string of the molecule is CC(C)n1cc2cc(-c3ccc(C4=NC5(CC5)C(=O)N4C[C@@H]4CCN(C(=O)C5CC5)C4)cc3)ccc2n1. The average molecular weight is 496 g/mol. The number of aliphatic imine (C=N–C) groups is 1. The summed E-state index contributed by atoms with van der Waals surface area (Å²) in [5, 5.41) is 5.79. The van der Waals surface area contributed by atoms with Gasteiger partial charge in [0.05, 0.1) is 5.52 Å². The van der Waals surface area contributed by atoms with Crippen molar-refractivity contribution in [2.75, 3.05) is 19.6 Å². The molecule has 7 rings (SSSR count). The fraction of sp³-hybridized carbons (Fsp3) is 0.467. The molecule has 3 fully saturated rings. The van der Waals surface area contributed by atoms with E-state index < -0.39 is 5.54 Å². The van der Waals surface area contributed by atoms with Gasteiger partial charge in [0.2, 0.25) is 5.91 Å². The van der Waals surface area contributed by atoms with Crippen LogP contribution in [0.5, 0.6) is 0 Å². The lowest BCUT2D eigenvalue weighted by Crippen LogP contribution is -2.40. The minimum Gasteiger partial charge on any atom is -0.342 e. The second-order valence-corrected chi connectivity index (χ2v) is 11.6. The number of fused-ring (bicyclic) bond motifs is 1. The second kappa shape index (κ2) is 8.27.